The van der Waals surface area contributed by atoms with Crippen LogP contribution in [0.15, 0.2) is 12.4 Å². The summed E-state index contributed by atoms with van der Waals surface area (Å²) in [6.07, 6.45) is 5.49. The molecule has 0 aliphatic carbocycles. The fourth-order valence-electron chi connectivity index (χ4n) is 2.01. The van der Waals surface area contributed by atoms with E-state index in [-0.39, 0.29) is 0 Å². The van der Waals surface area contributed by atoms with Crippen molar-refractivity contribution in [1.29, 1.82) is 0 Å². The van der Waals surface area contributed by atoms with Crippen LogP contribution in [-0.4, -0.2) is 35.0 Å². The molecular formula is C10H16N4. The van der Waals surface area contributed by atoms with Gasteiger partial charge in [-0.3, -0.25) is 14.9 Å². The number of fused-ring (bicyclic) bond motifs is 1. The number of nitrogens with zero attached hydrogens (tertiary/aromatic N) is 3. The van der Waals surface area contributed by atoms with Gasteiger partial charge >= 0.3 is 0 Å². The Labute approximate surface area is 84.2 Å². The summed E-state index contributed by atoms with van der Waals surface area (Å²) >= 11 is 0. The van der Waals surface area contributed by atoms with Gasteiger partial charge in [0.25, 0.3) is 0 Å². The Hall–Kier alpha value is -1.00. The van der Waals surface area contributed by atoms with Crippen LogP contribution >= 0.6 is 0 Å². The maximum absolute atomic E-state index is 5.60. The fourth-order valence-corrected chi connectivity index (χ4v) is 2.01. The molecule has 76 valence electrons. The van der Waals surface area contributed by atoms with Gasteiger partial charge in [0.2, 0.25) is 0 Å². The predicted molar refractivity (Wildman–Crippen MR) is 54.8 cm³/mol. The van der Waals surface area contributed by atoms with Gasteiger partial charge in [0.05, 0.1) is 17.4 Å². The largest absolute Gasteiger partial charge is 0.330 e. The lowest BCUT2D eigenvalue weighted by atomic mass is 10.00. The highest BCUT2D eigenvalue weighted by Gasteiger charge is 2.25. The molecule has 0 bridgehead atoms. The van der Waals surface area contributed by atoms with Gasteiger partial charge in [0.1, 0.15) is 0 Å². The lowest BCUT2D eigenvalue weighted by Gasteiger charge is -2.32. The van der Waals surface area contributed by atoms with Crippen LogP contribution in [0, 0.1) is 0 Å². The molecule has 4 heteroatoms. The van der Waals surface area contributed by atoms with Crippen LogP contribution in [0.1, 0.15) is 23.9 Å². The zero-order valence-electron chi connectivity index (χ0n) is 8.48. The second-order valence-corrected chi connectivity index (χ2v) is 3.71. The second-order valence-electron chi connectivity index (χ2n) is 3.71. The molecule has 1 atom stereocenters. The van der Waals surface area contributed by atoms with E-state index >= 15 is 0 Å². The third-order valence-corrected chi connectivity index (χ3v) is 2.80. The molecule has 2 heterocycles. The number of hydrogen-bond donors (Lipinski definition) is 1. The summed E-state index contributed by atoms with van der Waals surface area (Å²) < 4.78 is 0. The van der Waals surface area contributed by atoms with Crippen LogP contribution in [0.4, 0.5) is 0 Å². The molecular weight excluding hydrogens is 176 g/mol. The molecule has 2 N–H and O–H groups in total. The molecule has 0 radical (unpaired) electrons. The van der Waals surface area contributed by atoms with Gasteiger partial charge in [-0.05, 0) is 20.0 Å². The third kappa shape index (κ3) is 1.63. The van der Waals surface area contributed by atoms with Gasteiger partial charge in [0.15, 0.2) is 0 Å². The summed E-state index contributed by atoms with van der Waals surface area (Å²) in [6.45, 7) is 1.75. The second kappa shape index (κ2) is 4.02. The van der Waals surface area contributed by atoms with Crippen molar-refractivity contribution >= 4 is 0 Å². The maximum Gasteiger partial charge on any atom is 0.0791 e. The summed E-state index contributed by atoms with van der Waals surface area (Å²) in [4.78, 5) is 11.1. The minimum atomic E-state index is 0.359. The van der Waals surface area contributed by atoms with E-state index in [1.54, 1.807) is 12.4 Å². The van der Waals surface area contributed by atoms with Gasteiger partial charge in [0, 0.05) is 25.4 Å². The molecule has 0 aromatic carbocycles. The van der Waals surface area contributed by atoms with E-state index in [4.69, 9.17) is 5.73 Å². The van der Waals surface area contributed by atoms with Crippen LogP contribution in [0.25, 0.3) is 0 Å². The van der Waals surface area contributed by atoms with E-state index in [0.717, 1.165) is 30.8 Å². The molecule has 0 spiro atoms. The number of hydrogen-bond acceptors (Lipinski definition) is 4. The minimum absolute atomic E-state index is 0.359. The van der Waals surface area contributed by atoms with Gasteiger partial charge in [-0.25, -0.2) is 0 Å². The van der Waals surface area contributed by atoms with E-state index in [1.807, 2.05) is 0 Å². The summed E-state index contributed by atoms with van der Waals surface area (Å²) in [7, 11) is 2.12. The van der Waals surface area contributed by atoms with E-state index < -0.39 is 0 Å². The van der Waals surface area contributed by atoms with Crippen molar-refractivity contribution in [3.8, 4) is 0 Å². The summed E-state index contributed by atoms with van der Waals surface area (Å²) in [5.41, 5.74) is 7.86. The standard InChI is InChI=1S/C10H16N4/c1-14-7-3-8-10(9(14)2-4-11)13-6-5-12-8/h5-6,9H,2-4,7,11H2,1H3. The number of nitrogens with two attached hydrogens (primary N) is 1. The van der Waals surface area contributed by atoms with Crippen molar-refractivity contribution in [3.05, 3.63) is 23.8 Å². The first kappa shape index (κ1) is 9.55. The molecule has 1 unspecified atom stereocenters. The molecule has 1 aromatic heterocycles. The molecule has 0 fully saturated rings. The molecule has 4 nitrogen and oxygen atoms in total. The first-order valence-electron chi connectivity index (χ1n) is 5.03. The molecule has 1 aliphatic heterocycles. The number of rotatable bonds is 2. The van der Waals surface area contributed by atoms with E-state index in [1.165, 1.54) is 0 Å². The quantitative estimate of drug-likeness (QED) is 0.735. The minimum Gasteiger partial charge on any atom is -0.330 e. The van der Waals surface area contributed by atoms with Crippen molar-refractivity contribution in [3.63, 3.8) is 0 Å². The first-order chi connectivity index (χ1) is 6.83. The third-order valence-electron chi connectivity index (χ3n) is 2.80. The van der Waals surface area contributed by atoms with Gasteiger partial charge in [-0.15, -0.1) is 0 Å². The molecule has 14 heavy (non-hydrogen) atoms. The Morgan fingerprint density at radius 3 is 3.07 bits per heavy atom. The fraction of sp³-hybridized carbons (Fsp3) is 0.600. The lowest BCUT2D eigenvalue weighted by Crippen LogP contribution is -2.34. The van der Waals surface area contributed by atoms with Crippen molar-refractivity contribution in [2.75, 3.05) is 20.1 Å². The monoisotopic (exact) mass is 192 g/mol. The van der Waals surface area contributed by atoms with Crippen LogP contribution in [0.2, 0.25) is 0 Å². The molecule has 1 aliphatic rings. The highest BCUT2D eigenvalue weighted by atomic mass is 15.2. The summed E-state index contributed by atoms with van der Waals surface area (Å²) in [6, 6.07) is 0.359. The highest BCUT2D eigenvalue weighted by molar-refractivity contribution is 5.18. The van der Waals surface area contributed by atoms with Gasteiger partial charge in [-0.2, -0.15) is 0 Å². The molecule has 0 saturated carbocycles. The Balaban J connectivity index is 2.31. The smallest absolute Gasteiger partial charge is 0.0791 e. The van der Waals surface area contributed by atoms with Crippen molar-refractivity contribution < 1.29 is 0 Å². The Morgan fingerprint density at radius 2 is 2.29 bits per heavy atom. The van der Waals surface area contributed by atoms with Gasteiger partial charge in [-0.1, -0.05) is 0 Å². The predicted octanol–water partition coefficient (Wildman–Crippen LogP) is 0.354. The SMILES string of the molecule is CN1CCc2nccnc2C1CCN. The van der Waals surface area contributed by atoms with Crippen molar-refractivity contribution in [1.82, 2.24) is 14.9 Å². The van der Waals surface area contributed by atoms with Crippen LogP contribution in [-0.2, 0) is 6.42 Å². The summed E-state index contributed by atoms with van der Waals surface area (Å²) in [5, 5.41) is 0. The Bertz CT molecular complexity index is 313. The summed E-state index contributed by atoms with van der Waals surface area (Å²) in [5.74, 6) is 0. The van der Waals surface area contributed by atoms with Crippen molar-refractivity contribution in [2.24, 2.45) is 5.73 Å². The van der Waals surface area contributed by atoms with Crippen LogP contribution < -0.4 is 5.73 Å². The zero-order chi connectivity index (χ0) is 9.97. The van der Waals surface area contributed by atoms with Gasteiger partial charge < -0.3 is 5.73 Å². The van der Waals surface area contributed by atoms with Crippen LogP contribution in [0.3, 0.4) is 0 Å². The normalized spacial score (nSPS) is 22.0. The Kier molecular flexibility index (Phi) is 2.74. The van der Waals surface area contributed by atoms with Crippen molar-refractivity contribution in [2.45, 2.75) is 18.9 Å². The lowest BCUT2D eigenvalue weighted by molar-refractivity contribution is 0.214. The average Bonchev–Trinajstić information content (AvgIpc) is 2.23. The molecule has 2 rings (SSSR count). The average molecular weight is 192 g/mol. The molecule has 0 amide bonds. The topological polar surface area (TPSA) is 55.0 Å². The first-order valence-corrected chi connectivity index (χ1v) is 5.03. The number of likely N-dealkylation sites (N-methyl/N-ethyl adjacent to an activating group) is 1. The molecule has 0 saturated heterocycles. The van der Waals surface area contributed by atoms with Crippen LogP contribution in [0.5, 0.6) is 0 Å². The highest BCUT2D eigenvalue weighted by Crippen LogP contribution is 2.27. The van der Waals surface area contributed by atoms with E-state index in [2.05, 4.69) is 21.9 Å². The maximum atomic E-state index is 5.60. The zero-order valence-corrected chi connectivity index (χ0v) is 8.48. The van der Waals surface area contributed by atoms with E-state index in [0.29, 0.717) is 12.6 Å². The Morgan fingerprint density at radius 1 is 1.50 bits per heavy atom. The number of aromatic nitrogens is 2. The van der Waals surface area contributed by atoms with E-state index in [9.17, 15) is 0 Å². The molecule has 1 aromatic rings.